The zero-order valence-electron chi connectivity index (χ0n) is 19.5. The number of alkyl halides is 3. The Morgan fingerprint density at radius 1 is 1.08 bits per heavy atom. The van der Waals surface area contributed by atoms with Crippen molar-refractivity contribution >= 4 is 27.6 Å². The van der Waals surface area contributed by atoms with E-state index in [0.717, 1.165) is 5.56 Å². The first-order valence-corrected chi connectivity index (χ1v) is 12.2. The van der Waals surface area contributed by atoms with Crippen LogP contribution >= 0.6 is 0 Å². The molecule has 2 aromatic rings. The van der Waals surface area contributed by atoms with E-state index in [1.807, 2.05) is 24.9 Å². The van der Waals surface area contributed by atoms with Crippen molar-refractivity contribution < 1.29 is 40.7 Å². The van der Waals surface area contributed by atoms with Gasteiger partial charge in [-0.15, -0.1) is 0 Å². The number of nitrogens with zero attached hydrogens (tertiary/aromatic N) is 3. The van der Waals surface area contributed by atoms with Crippen molar-refractivity contribution in [2.24, 2.45) is 0 Å². The fraction of sp³-hybridized carbons (Fsp3) is 0.391. The summed E-state index contributed by atoms with van der Waals surface area (Å²) in [6.07, 6.45) is -4.48. The number of benzene rings is 2. The Balaban J connectivity index is 0.000000454. The lowest BCUT2D eigenvalue weighted by Crippen LogP contribution is -2.64. The van der Waals surface area contributed by atoms with Gasteiger partial charge in [0.05, 0.1) is 17.0 Å². The summed E-state index contributed by atoms with van der Waals surface area (Å²) in [7, 11) is -1.77. The number of aliphatic carboxylic acids is 1. The molecule has 2 heterocycles. The number of carbonyl (C=O) groups is 2. The van der Waals surface area contributed by atoms with Crippen LogP contribution < -0.4 is 4.90 Å². The minimum Gasteiger partial charge on any atom is -0.475 e. The largest absolute Gasteiger partial charge is 0.490 e. The lowest BCUT2D eigenvalue weighted by Gasteiger charge is -2.46. The topological polar surface area (TPSA) is 98.2 Å². The van der Waals surface area contributed by atoms with Crippen LogP contribution in [0.4, 0.5) is 23.2 Å². The Labute approximate surface area is 205 Å². The number of aryl methyl sites for hydroxylation is 1. The molecule has 1 spiro atoms. The average Bonchev–Trinajstić information content (AvgIpc) is 3.22. The molecule has 0 saturated carbocycles. The molecule has 0 aromatic heterocycles. The van der Waals surface area contributed by atoms with Crippen LogP contribution in [0, 0.1) is 12.7 Å². The van der Waals surface area contributed by atoms with Crippen LogP contribution in [0.3, 0.4) is 0 Å². The maximum absolute atomic E-state index is 13.7. The van der Waals surface area contributed by atoms with Gasteiger partial charge in [-0.05, 0) is 56.3 Å². The first kappa shape index (κ1) is 27.6. The van der Waals surface area contributed by atoms with E-state index in [9.17, 15) is 30.8 Å². The normalized spacial score (nSPS) is 21.4. The number of carboxylic acids is 1. The van der Waals surface area contributed by atoms with E-state index in [1.54, 1.807) is 35.2 Å². The second-order valence-electron chi connectivity index (χ2n) is 8.75. The molecule has 1 N–H and O–H groups in total. The fourth-order valence-electron chi connectivity index (χ4n) is 4.23. The summed E-state index contributed by atoms with van der Waals surface area (Å²) in [6, 6.07) is 12.8. The van der Waals surface area contributed by atoms with Gasteiger partial charge in [0.2, 0.25) is 15.9 Å². The van der Waals surface area contributed by atoms with E-state index in [4.69, 9.17) is 9.90 Å². The van der Waals surface area contributed by atoms with E-state index in [0.29, 0.717) is 31.7 Å². The monoisotopic (exact) mass is 531 g/mol. The van der Waals surface area contributed by atoms with Gasteiger partial charge in [0, 0.05) is 25.3 Å². The highest BCUT2D eigenvalue weighted by Gasteiger charge is 2.50. The molecular formula is C23H25F4N3O5S. The highest BCUT2D eigenvalue weighted by Crippen LogP contribution is 2.36. The molecule has 13 heteroatoms. The highest BCUT2D eigenvalue weighted by molar-refractivity contribution is 7.89. The number of hydrogen-bond acceptors (Lipinski definition) is 5. The van der Waals surface area contributed by atoms with E-state index < -0.39 is 33.5 Å². The quantitative estimate of drug-likeness (QED) is 0.612. The number of rotatable bonds is 3. The standard InChI is InChI=1S/C21H24FN3O3S.C2HF3O2/c1-16-5-3-8-19(11-16)29(27,28)24-10-9-21(14-24)15-25(20(26)13-23(21)2)18-7-4-6-17(22)12-18;3-2(4,5)1(6)7/h3-8,11-12H,9-10,13-15H2,1-2H3;(H,6,7). The molecule has 4 rings (SSSR count). The van der Waals surface area contributed by atoms with Crippen LogP contribution in [0.2, 0.25) is 0 Å². The molecule has 1 amide bonds. The lowest BCUT2D eigenvalue weighted by molar-refractivity contribution is -0.192. The second-order valence-corrected chi connectivity index (χ2v) is 10.7. The Morgan fingerprint density at radius 2 is 1.72 bits per heavy atom. The minimum atomic E-state index is -5.08. The van der Waals surface area contributed by atoms with E-state index in [-0.39, 0.29) is 17.3 Å². The summed E-state index contributed by atoms with van der Waals surface area (Å²) < 4.78 is 73.2. The molecule has 2 fully saturated rings. The van der Waals surface area contributed by atoms with Crippen molar-refractivity contribution in [2.45, 2.75) is 30.0 Å². The number of sulfonamides is 1. The molecule has 8 nitrogen and oxygen atoms in total. The number of halogens is 4. The van der Waals surface area contributed by atoms with Crippen LogP contribution in [-0.2, 0) is 19.6 Å². The molecule has 196 valence electrons. The summed E-state index contributed by atoms with van der Waals surface area (Å²) in [5, 5.41) is 7.12. The van der Waals surface area contributed by atoms with Gasteiger partial charge in [0.1, 0.15) is 5.82 Å². The van der Waals surface area contributed by atoms with Crippen LogP contribution in [0.1, 0.15) is 12.0 Å². The van der Waals surface area contributed by atoms with Crippen LogP contribution in [0.15, 0.2) is 53.4 Å². The number of anilines is 1. The van der Waals surface area contributed by atoms with Crippen molar-refractivity contribution in [1.29, 1.82) is 0 Å². The van der Waals surface area contributed by atoms with Gasteiger partial charge < -0.3 is 10.0 Å². The molecular weight excluding hydrogens is 506 g/mol. The van der Waals surface area contributed by atoms with Gasteiger partial charge in [0.15, 0.2) is 0 Å². The maximum Gasteiger partial charge on any atom is 0.490 e. The van der Waals surface area contributed by atoms with E-state index in [2.05, 4.69) is 0 Å². The van der Waals surface area contributed by atoms with Gasteiger partial charge in [0.25, 0.3) is 0 Å². The van der Waals surface area contributed by atoms with Crippen molar-refractivity contribution in [3.05, 3.63) is 59.9 Å². The molecule has 2 aliphatic heterocycles. The second kappa shape index (κ2) is 10.1. The third-order valence-electron chi connectivity index (χ3n) is 6.22. The summed E-state index contributed by atoms with van der Waals surface area (Å²) in [5.41, 5.74) is 0.886. The van der Waals surface area contributed by atoms with Crippen LogP contribution in [0.25, 0.3) is 0 Å². The van der Waals surface area contributed by atoms with Crippen LogP contribution in [-0.4, -0.2) is 79.5 Å². The van der Waals surface area contributed by atoms with E-state index in [1.165, 1.54) is 16.4 Å². The molecule has 1 unspecified atom stereocenters. The van der Waals surface area contributed by atoms with E-state index >= 15 is 0 Å². The summed E-state index contributed by atoms with van der Waals surface area (Å²) in [6.45, 7) is 3.02. The van der Waals surface area contributed by atoms with Crippen molar-refractivity contribution in [1.82, 2.24) is 9.21 Å². The third-order valence-corrected chi connectivity index (χ3v) is 8.06. The molecule has 2 aliphatic rings. The summed E-state index contributed by atoms with van der Waals surface area (Å²) >= 11 is 0. The van der Waals surface area contributed by atoms with Gasteiger partial charge >= 0.3 is 12.1 Å². The number of carboxylic acid groups (broad SMARTS) is 1. The highest BCUT2D eigenvalue weighted by atomic mass is 32.2. The van der Waals surface area contributed by atoms with Crippen molar-refractivity contribution in [3.8, 4) is 0 Å². The maximum atomic E-state index is 13.7. The Morgan fingerprint density at radius 3 is 2.31 bits per heavy atom. The predicted octanol–water partition coefficient (Wildman–Crippen LogP) is 2.88. The van der Waals surface area contributed by atoms with Gasteiger partial charge in [-0.25, -0.2) is 17.6 Å². The lowest BCUT2D eigenvalue weighted by atomic mass is 9.92. The molecule has 0 bridgehead atoms. The first-order chi connectivity index (χ1) is 16.7. The summed E-state index contributed by atoms with van der Waals surface area (Å²) in [4.78, 5) is 25.3. The smallest absolute Gasteiger partial charge is 0.475 e. The number of carbonyl (C=O) groups excluding carboxylic acids is 1. The minimum absolute atomic E-state index is 0.122. The number of amides is 1. The predicted molar refractivity (Wildman–Crippen MR) is 122 cm³/mol. The molecule has 0 radical (unpaired) electrons. The molecule has 2 saturated heterocycles. The third kappa shape index (κ3) is 5.85. The zero-order valence-corrected chi connectivity index (χ0v) is 20.3. The number of likely N-dealkylation sites (N-methyl/N-ethyl adjacent to an activating group) is 1. The van der Waals surface area contributed by atoms with Crippen LogP contribution in [0.5, 0.6) is 0 Å². The fourth-order valence-corrected chi connectivity index (χ4v) is 5.85. The molecule has 0 aliphatic carbocycles. The van der Waals surface area contributed by atoms with Crippen molar-refractivity contribution in [3.63, 3.8) is 0 Å². The SMILES string of the molecule is Cc1cccc(S(=O)(=O)N2CCC3(CN(c4cccc(F)c4)C(=O)CN3C)C2)c1.O=C(O)C(F)(F)F. The number of piperazine rings is 1. The molecule has 1 atom stereocenters. The van der Waals surface area contributed by atoms with Gasteiger partial charge in [-0.1, -0.05) is 18.2 Å². The Kier molecular flexibility index (Phi) is 7.77. The molecule has 2 aromatic carbocycles. The number of hydrogen-bond donors (Lipinski definition) is 1. The van der Waals surface area contributed by atoms with Gasteiger partial charge in [-0.2, -0.15) is 17.5 Å². The Bertz CT molecular complexity index is 1250. The Hall–Kier alpha value is -3.03. The first-order valence-electron chi connectivity index (χ1n) is 10.8. The zero-order chi connectivity index (χ0) is 26.9. The molecule has 36 heavy (non-hydrogen) atoms. The van der Waals surface area contributed by atoms with Crippen molar-refractivity contribution in [2.75, 3.05) is 38.1 Å². The summed E-state index contributed by atoms with van der Waals surface area (Å²) in [5.74, 6) is -3.28. The average molecular weight is 532 g/mol. The van der Waals surface area contributed by atoms with Gasteiger partial charge in [-0.3, -0.25) is 9.69 Å².